The molecule has 0 N–H and O–H groups in total. The molecule has 18 heavy (non-hydrogen) atoms. The Bertz CT molecular complexity index is 539. The van der Waals surface area contributed by atoms with Gasteiger partial charge in [-0.2, -0.15) is 0 Å². The van der Waals surface area contributed by atoms with Gasteiger partial charge in [0, 0.05) is 43.9 Å². The maximum absolute atomic E-state index is 2.33. The SMILES string of the molecule is CC(C)N(C)c1cccc2cccc(N(C)C)c12. The van der Waals surface area contributed by atoms with Crippen LogP contribution in [0.25, 0.3) is 10.8 Å². The Hall–Kier alpha value is -1.70. The quantitative estimate of drug-likeness (QED) is 0.808. The van der Waals surface area contributed by atoms with Crippen molar-refractivity contribution in [2.24, 2.45) is 0 Å². The summed E-state index contributed by atoms with van der Waals surface area (Å²) < 4.78 is 0. The van der Waals surface area contributed by atoms with Gasteiger partial charge >= 0.3 is 0 Å². The second-order valence-corrected chi connectivity index (χ2v) is 5.25. The zero-order chi connectivity index (χ0) is 13.3. The van der Waals surface area contributed by atoms with Crippen LogP contribution in [0.2, 0.25) is 0 Å². The molecular formula is C16H22N2. The Morgan fingerprint density at radius 2 is 1.39 bits per heavy atom. The van der Waals surface area contributed by atoms with Gasteiger partial charge in [-0.05, 0) is 31.4 Å². The van der Waals surface area contributed by atoms with Crippen molar-refractivity contribution < 1.29 is 0 Å². The minimum atomic E-state index is 0.491. The summed E-state index contributed by atoms with van der Waals surface area (Å²) in [7, 11) is 6.35. The molecule has 0 aliphatic carbocycles. The molecule has 0 amide bonds. The van der Waals surface area contributed by atoms with E-state index in [9.17, 15) is 0 Å². The van der Waals surface area contributed by atoms with Gasteiger partial charge in [-0.25, -0.2) is 0 Å². The van der Waals surface area contributed by atoms with Crippen LogP contribution in [0, 0.1) is 0 Å². The Kier molecular flexibility index (Phi) is 3.46. The van der Waals surface area contributed by atoms with Crippen molar-refractivity contribution in [2.75, 3.05) is 30.9 Å². The number of nitrogens with zero attached hydrogens (tertiary/aromatic N) is 2. The summed E-state index contributed by atoms with van der Waals surface area (Å²) in [6, 6.07) is 13.5. The maximum atomic E-state index is 2.33. The van der Waals surface area contributed by atoms with Crippen LogP contribution in [-0.2, 0) is 0 Å². The van der Waals surface area contributed by atoms with Crippen LogP contribution in [0.1, 0.15) is 13.8 Å². The predicted molar refractivity (Wildman–Crippen MR) is 81.8 cm³/mol. The predicted octanol–water partition coefficient (Wildman–Crippen LogP) is 3.75. The second kappa shape index (κ2) is 4.89. The molecule has 0 saturated carbocycles. The van der Waals surface area contributed by atoms with E-state index in [1.165, 1.54) is 22.1 Å². The third-order valence-corrected chi connectivity index (χ3v) is 3.50. The first-order chi connectivity index (χ1) is 8.52. The number of rotatable bonds is 3. The highest BCUT2D eigenvalue weighted by Gasteiger charge is 2.12. The fourth-order valence-corrected chi connectivity index (χ4v) is 2.25. The Balaban J connectivity index is 2.73. The van der Waals surface area contributed by atoms with Gasteiger partial charge in [-0.15, -0.1) is 0 Å². The van der Waals surface area contributed by atoms with Gasteiger partial charge in [-0.3, -0.25) is 0 Å². The number of fused-ring (bicyclic) bond motifs is 1. The lowest BCUT2D eigenvalue weighted by atomic mass is 10.0. The molecule has 2 aromatic carbocycles. The molecule has 0 spiro atoms. The van der Waals surface area contributed by atoms with Gasteiger partial charge in [0.25, 0.3) is 0 Å². The third kappa shape index (κ3) is 2.15. The zero-order valence-corrected chi connectivity index (χ0v) is 11.9. The highest BCUT2D eigenvalue weighted by Crippen LogP contribution is 2.34. The van der Waals surface area contributed by atoms with Crippen molar-refractivity contribution in [2.45, 2.75) is 19.9 Å². The molecule has 0 atom stereocenters. The minimum Gasteiger partial charge on any atom is -0.377 e. The van der Waals surface area contributed by atoms with E-state index in [1.54, 1.807) is 0 Å². The Morgan fingerprint density at radius 3 is 1.89 bits per heavy atom. The largest absolute Gasteiger partial charge is 0.377 e. The van der Waals surface area contributed by atoms with Gasteiger partial charge in [0.2, 0.25) is 0 Å². The van der Waals surface area contributed by atoms with Crippen LogP contribution < -0.4 is 9.80 Å². The lowest BCUT2D eigenvalue weighted by molar-refractivity contribution is 0.757. The number of anilines is 2. The van der Waals surface area contributed by atoms with Crippen LogP contribution in [0.3, 0.4) is 0 Å². The normalized spacial score (nSPS) is 11.0. The molecule has 0 unspecified atom stereocenters. The van der Waals surface area contributed by atoms with Gasteiger partial charge in [0.05, 0.1) is 0 Å². The van der Waals surface area contributed by atoms with E-state index in [4.69, 9.17) is 0 Å². The molecule has 2 aromatic rings. The Morgan fingerprint density at radius 1 is 0.833 bits per heavy atom. The molecule has 0 bridgehead atoms. The summed E-state index contributed by atoms with van der Waals surface area (Å²) in [5, 5.41) is 2.63. The molecule has 0 aromatic heterocycles. The topological polar surface area (TPSA) is 6.48 Å². The van der Waals surface area contributed by atoms with Crippen LogP contribution in [-0.4, -0.2) is 27.2 Å². The van der Waals surface area contributed by atoms with Crippen molar-refractivity contribution in [3.05, 3.63) is 36.4 Å². The van der Waals surface area contributed by atoms with E-state index >= 15 is 0 Å². The monoisotopic (exact) mass is 242 g/mol. The summed E-state index contributed by atoms with van der Waals surface area (Å²) in [5.41, 5.74) is 2.57. The molecule has 0 fully saturated rings. The fraction of sp³-hybridized carbons (Fsp3) is 0.375. The second-order valence-electron chi connectivity index (χ2n) is 5.25. The summed E-state index contributed by atoms with van der Waals surface area (Å²) in [6.07, 6.45) is 0. The van der Waals surface area contributed by atoms with E-state index in [0.29, 0.717) is 6.04 Å². The standard InChI is InChI=1S/C16H22N2/c1-12(2)18(5)15-11-7-9-13-8-6-10-14(16(13)15)17(3)4/h6-12H,1-5H3. The first-order valence-corrected chi connectivity index (χ1v) is 6.44. The van der Waals surface area contributed by atoms with Crippen LogP contribution in [0.4, 0.5) is 11.4 Å². The van der Waals surface area contributed by atoms with E-state index < -0.39 is 0 Å². The van der Waals surface area contributed by atoms with Gasteiger partial charge < -0.3 is 9.80 Å². The van der Waals surface area contributed by atoms with Crippen molar-refractivity contribution >= 4 is 22.1 Å². The molecule has 0 aliphatic rings. The smallest absolute Gasteiger partial charge is 0.0466 e. The van der Waals surface area contributed by atoms with Gasteiger partial charge in [0.15, 0.2) is 0 Å². The summed E-state index contributed by atoms with van der Waals surface area (Å²) in [6.45, 7) is 4.44. The van der Waals surface area contributed by atoms with Crippen molar-refractivity contribution in [1.82, 2.24) is 0 Å². The molecule has 2 rings (SSSR count). The Labute approximate surface area is 110 Å². The van der Waals surface area contributed by atoms with Crippen LogP contribution in [0.15, 0.2) is 36.4 Å². The molecule has 0 saturated heterocycles. The molecule has 0 heterocycles. The lowest BCUT2D eigenvalue weighted by Gasteiger charge is -2.27. The zero-order valence-electron chi connectivity index (χ0n) is 11.9. The summed E-state index contributed by atoms with van der Waals surface area (Å²) in [4.78, 5) is 4.51. The number of hydrogen-bond donors (Lipinski definition) is 0. The van der Waals surface area contributed by atoms with E-state index in [1.807, 2.05) is 0 Å². The van der Waals surface area contributed by atoms with Crippen molar-refractivity contribution in [3.63, 3.8) is 0 Å². The summed E-state index contributed by atoms with van der Waals surface area (Å²) in [5.74, 6) is 0. The average molecular weight is 242 g/mol. The maximum Gasteiger partial charge on any atom is 0.0466 e. The molecular weight excluding hydrogens is 220 g/mol. The van der Waals surface area contributed by atoms with Crippen LogP contribution >= 0.6 is 0 Å². The van der Waals surface area contributed by atoms with E-state index in [-0.39, 0.29) is 0 Å². The molecule has 0 radical (unpaired) electrons. The molecule has 0 aliphatic heterocycles. The highest BCUT2D eigenvalue weighted by atomic mass is 15.1. The van der Waals surface area contributed by atoms with Gasteiger partial charge in [0.1, 0.15) is 0 Å². The lowest BCUT2D eigenvalue weighted by Crippen LogP contribution is -2.26. The average Bonchev–Trinajstić information content (AvgIpc) is 2.36. The third-order valence-electron chi connectivity index (χ3n) is 3.50. The molecule has 2 nitrogen and oxygen atoms in total. The number of hydrogen-bond acceptors (Lipinski definition) is 2. The first-order valence-electron chi connectivity index (χ1n) is 6.44. The fourth-order valence-electron chi connectivity index (χ4n) is 2.25. The van der Waals surface area contributed by atoms with Crippen LogP contribution in [0.5, 0.6) is 0 Å². The highest BCUT2D eigenvalue weighted by molar-refractivity contribution is 6.03. The first kappa shape index (κ1) is 12.7. The van der Waals surface area contributed by atoms with E-state index in [2.05, 4.69) is 81.2 Å². The van der Waals surface area contributed by atoms with E-state index in [0.717, 1.165) is 0 Å². The summed E-state index contributed by atoms with van der Waals surface area (Å²) >= 11 is 0. The minimum absolute atomic E-state index is 0.491. The molecule has 2 heteroatoms. The van der Waals surface area contributed by atoms with Gasteiger partial charge in [-0.1, -0.05) is 24.3 Å². The molecule has 96 valence electrons. The van der Waals surface area contributed by atoms with Crippen molar-refractivity contribution in [1.29, 1.82) is 0 Å². The van der Waals surface area contributed by atoms with Crippen molar-refractivity contribution in [3.8, 4) is 0 Å². The number of benzene rings is 2.